The molecule has 1 aliphatic heterocycles. The zero-order valence-electron chi connectivity index (χ0n) is 15.4. The lowest BCUT2D eigenvalue weighted by Crippen LogP contribution is -2.35. The molecule has 0 aliphatic carbocycles. The molecule has 2 aromatic carbocycles. The fourth-order valence-electron chi connectivity index (χ4n) is 2.62. The monoisotopic (exact) mass is 373 g/mol. The van der Waals surface area contributed by atoms with Crippen LogP contribution < -0.4 is 0 Å². The highest BCUT2D eigenvalue weighted by Crippen LogP contribution is 2.11. The van der Waals surface area contributed by atoms with E-state index in [0.717, 1.165) is 31.5 Å². The Morgan fingerprint density at radius 3 is 2.22 bits per heavy atom. The van der Waals surface area contributed by atoms with E-state index in [1.165, 1.54) is 31.7 Å². The summed E-state index contributed by atoms with van der Waals surface area (Å²) >= 11 is 0. The molecule has 1 aliphatic rings. The van der Waals surface area contributed by atoms with Gasteiger partial charge >= 0.3 is 12.1 Å². The van der Waals surface area contributed by atoms with Gasteiger partial charge in [0.05, 0.1) is 12.7 Å². The van der Waals surface area contributed by atoms with Gasteiger partial charge in [0.2, 0.25) is 0 Å². The third-order valence-electron chi connectivity index (χ3n) is 4.10. The van der Waals surface area contributed by atoms with Crippen molar-refractivity contribution in [1.29, 1.82) is 0 Å². The topological polar surface area (TPSA) is 55.8 Å². The minimum absolute atomic E-state index is 0.0324. The van der Waals surface area contributed by atoms with Crippen molar-refractivity contribution in [2.75, 3.05) is 20.2 Å². The molecule has 2 aromatic rings. The highest BCUT2D eigenvalue weighted by Gasteiger charge is 2.17. The first-order valence-electron chi connectivity index (χ1n) is 8.90. The van der Waals surface area contributed by atoms with E-state index in [-0.39, 0.29) is 11.7 Å². The van der Waals surface area contributed by atoms with Crippen LogP contribution in [0.1, 0.15) is 35.2 Å². The van der Waals surface area contributed by atoms with Crippen LogP contribution >= 0.6 is 0 Å². The SMILES string of the molecule is COC(=O)c1ccccc1F.O=C(OCc1ccccc1)N1CCCCC1. The molecule has 0 N–H and O–H groups in total. The first-order chi connectivity index (χ1) is 13.1. The minimum Gasteiger partial charge on any atom is -0.465 e. The van der Waals surface area contributed by atoms with Crippen LogP contribution in [0, 0.1) is 5.82 Å². The fraction of sp³-hybridized carbons (Fsp3) is 0.333. The summed E-state index contributed by atoms with van der Waals surface area (Å²) in [7, 11) is 1.22. The van der Waals surface area contributed by atoms with Crippen LogP contribution in [0.5, 0.6) is 0 Å². The normalized spacial score (nSPS) is 13.2. The van der Waals surface area contributed by atoms with Gasteiger partial charge in [-0.2, -0.15) is 0 Å². The molecule has 144 valence electrons. The number of piperidine rings is 1. The second-order valence-corrected chi connectivity index (χ2v) is 6.06. The predicted octanol–water partition coefficient (Wildman–Crippen LogP) is 4.42. The van der Waals surface area contributed by atoms with E-state index in [9.17, 15) is 14.0 Å². The van der Waals surface area contributed by atoms with E-state index in [4.69, 9.17) is 4.74 Å². The summed E-state index contributed by atoms with van der Waals surface area (Å²) in [6.45, 7) is 2.05. The molecule has 27 heavy (non-hydrogen) atoms. The lowest BCUT2D eigenvalue weighted by Gasteiger charge is -2.25. The molecule has 1 saturated heterocycles. The van der Waals surface area contributed by atoms with E-state index in [0.29, 0.717) is 6.61 Å². The number of rotatable bonds is 3. The van der Waals surface area contributed by atoms with Gasteiger partial charge in [-0.25, -0.2) is 14.0 Å². The maximum Gasteiger partial charge on any atom is 0.410 e. The van der Waals surface area contributed by atoms with Crippen molar-refractivity contribution in [3.8, 4) is 0 Å². The summed E-state index contributed by atoms with van der Waals surface area (Å²) in [5.74, 6) is -1.21. The third-order valence-corrected chi connectivity index (χ3v) is 4.10. The minimum atomic E-state index is -0.650. The van der Waals surface area contributed by atoms with Gasteiger partial charge in [-0.3, -0.25) is 0 Å². The Bertz CT molecular complexity index is 730. The number of carbonyl (C=O) groups excluding carboxylic acids is 2. The van der Waals surface area contributed by atoms with Crippen molar-refractivity contribution in [3.05, 3.63) is 71.5 Å². The highest BCUT2D eigenvalue weighted by molar-refractivity contribution is 5.89. The number of nitrogens with zero attached hydrogens (tertiary/aromatic N) is 1. The molecule has 3 rings (SSSR count). The number of carbonyl (C=O) groups is 2. The van der Waals surface area contributed by atoms with Crippen LogP contribution in [0.2, 0.25) is 0 Å². The Morgan fingerprint density at radius 1 is 0.963 bits per heavy atom. The lowest BCUT2D eigenvalue weighted by atomic mass is 10.1. The van der Waals surface area contributed by atoms with E-state index in [2.05, 4.69) is 4.74 Å². The maximum atomic E-state index is 12.7. The fourth-order valence-corrected chi connectivity index (χ4v) is 2.62. The van der Waals surface area contributed by atoms with Gasteiger partial charge in [0.1, 0.15) is 12.4 Å². The number of benzene rings is 2. The Kier molecular flexibility index (Phi) is 8.29. The maximum absolute atomic E-state index is 12.7. The van der Waals surface area contributed by atoms with Gasteiger partial charge in [-0.05, 0) is 37.0 Å². The number of esters is 1. The smallest absolute Gasteiger partial charge is 0.410 e. The van der Waals surface area contributed by atoms with Crippen molar-refractivity contribution < 1.29 is 23.5 Å². The average molecular weight is 373 g/mol. The molecule has 0 atom stereocenters. The highest BCUT2D eigenvalue weighted by atomic mass is 19.1. The standard InChI is InChI=1S/C13H17NO2.C8H7FO2/c15-13(14-9-5-2-6-10-14)16-11-12-7-3-1-4-8-12;1-11-8(10)6-4-2-3-5-7(6)9/h1,3-4,7-8H,2,5-6,9-11H2;2-5H,1H3. The molecule has 5 nitrogen and oxygen atoms in total. The molecule has 0 spiro atoms. The van der Waals surface area contributed by atoms with Gasteiger partial charge in [-0.15, -0.1) is 0 Å². The Morgan fingerprint density at radius 2 is 1.59 bits per heavy atom. The predicted molar refractivity (Wildman–Crippen MR) is 99.8 cm³/mol. The second kappa shape index (κ2) is 11.0. The largest absolute Gasteiger partial charge is 0.465 e. The van der Waals surface area contributed by atoms with Crippen LogP contribution in [0.3, 0.4) is 0 Å². The number of hydrogen-bond donors (Lipinski definition) is 0. The molecular formula is C21H24FNO4. The summed E-state index contributed by atoms with van der Waals surface area (Å²) < 4.78 is 22.3. The van der Waals surface area contributed by atoms with E-state index in [1.54, 1.807) is 11.0 Å². The molecule has 0 aromatic heterocycles. The zero-order valence-corrected chi connectivity index (χ0v) is 15.4. The molecule has 6 heteroatoms. The quantitative estimate of drug-likeness (QED) is 0.748. The van der Waals surface area contributed by atoms with Crippen molar-refractivity contribution in [1.82, 2.24) is 4.90 Å². The van der Waals surface area contributed by atoms with Gasteiger partial charge in [-0.1, -0.05) is 42.5 Å². The first-order valence-corrected chi connectivity index (χ1v) is 8.90. The Labute approximate surface area is 158 Å². The van der Waals surface area contributed by atoms with Crippen LogP contribution in [0.15, 0.2) is 54.6 Å². The van der Waals surface area contributed by atoms with Crippen molar-refractivity contribution in [2.45, 2.75) is 25.9 Å². The van der Waals surface area contributed by atoms with Gasteiger partial charge in [0.15, 0.2) is 0 Å². The van der Waals surface area contributed by atoms with E-state index in [1.807, 2.05) is 30.3 Å². The summed E-state index contributed by atoms with van der Waals surface area (Å²) in [6.07, 6.45) is 3.24. The summed E-state index contributed by atoms with van der Waals surface area (Å²) in [6, 6.07) is 15.5. The number of ether oxygens (including phenoxy) is 2. The van der Waals surface area contributed by atoms with Crippen LogP contribution in [0.25, 0.3) is 0 Å². The number of likely N-dealkylation sites (tertiary alicyclic amines) is 1. The van der Waals surface area contributed by atoms with Crippen molar-refractivity contribution in [2.24, 2.45) is 0 Å². The Balaban J connectivity index is 0.000000208. The molecule has 0 saturated carbocycles. The van der Waals surface area contributed by atoms with E-state index < -0.39 is 11.8 Å². The number of methoxy groups -OCH3 is 1. The van der Waals surface area contributed by atoms with Crippen LogP contribution in [-0.4, -0.2) is 37.2 Å². The zero-order chi connectivity index (χ0) is 19.5. The van der Waals surface area contributed by atoms with Crippen LogP contribution in [-0.2, 0) is 16.1 Å². The molecule has 0 radical (unpaired) electrons. The van der Waals surface area contributed by atoms with Gasteiger partial charge in [0, 0.05) is 13.1 Å². The van der Waals surface area contributed by atoms with Crippen molar-refractivity contribution >= 4 is 12.1 Å². The van der Waals surface area contributed by atoms with E-state index >= 15 is 0 Å². The summed E-state index contributed by atoms with van der Waals surface area (Å²) in [5, 5.41) is 0. The molecule has 1 amide bonds. The number of amides is 1. The molecular weight excluding hydrogens is 349 g/mol. The average Bonchev–Trinajstić information content (AvgIpc) is 2.73. The first kappa shape index (κ1) is 20.4. The van der Waals surface area contributed by atoms with Gasteiger partial charge < -0.3 is 14.4 Å². The number of hydrogen-bond acceptors (Lipinski definition) is 4. The van der Waals surface area contributed by atoms with Gasteiger partial charge in [0.25, 0.3) is 0 Å². The Hall–Kier alpha value is -2.89. The lowest BCUT2D eigenvalue weighted by molar-refractivity contribution is 0.0595. The van der Waals surface area contributed by atoms with Crippen molar-refractivity contribution in [3.63, 3.8) is 0 Å². The molecule has 0 bridgehead atoms. The molecule has 1 heterocycles. The van der Waals surface area contributed by atoms with Crippen LogP contribution in [0.4, 0.5) is 9.18 Å². The molecule has 1 fully saturated rings. The summed E-state index contributed by atoms with van der Waals surface area (Å²) in [5.41, 5.74) is 1.00. The number of halogens is 1. The molecule has 0 unspecified atom stereocenters. The summed E-state index contributed by atoms with van der Waals surface area (Å²) in [4.78, 5) is 24.2. The third kappa shape index (κ3) is 6.73. The second-order valence-electron chi connectivity index (χ2n) is 6.06.